The van der Waals surface area contributed by atoms with Crippen LogP contribution in [0.4, 0.5) is 0 Å². The Bertz CT molecular complexity index is 758. The Morgan fingerprint density at radius 3 is 2.35 bits per heavy atom. The van der Waals surface area contributed by atoms with E-state index in [4.69, 9.17) is 11.6 Å². The van der Waals surface area contributed by atoms with Crippen LogP contribution < -0.4 is 0 Å². The summed E-state index contributed by atoms with van der Waals surface area (Å²) < 4.78 is 0. The third-order valence-corrected chi connectivity index (χ3v) is 4.80. The predicted molar refractivity (Wildman–Crippen MR) is 101 cm³/mol. The number of rotatable bonds is 6. The minimum Gasteiger partial charge on any atom is -0.0843 e. The van der Waals surface area contributed by atoms with Gasteiger partial charge in [0.25, 0.3) is 0 Å². The van der Waals surface area contributed by atoms with Crippen molar-refractivity contribution < 1.29 is 0 Å². The lowest BCUT2D eigenvalue weighted by atomic mass is 9.87. The Balaban J connectivity index is 1.85. The molecule has 0 aliphatic heterocycles. The van der Waals surface area contributed by atoms with Gasteiger partial charge in [0.15, 0.2) is 0 Å². The second-order valence-corrected chi connectivity index (χ2v) is 6.71. The van der Waals surface area contributed by atoms with Crippen LogP contribution >= 0.6 is 11.6 Å². The fourth-order valence-corrected chi connectivity index (χ4v) is 3.35. The third kappa shape index (κ3) is 4.14. The second-order valence-electron chi connectivity index (χ2n) is 6.28. The van der Waals surface area contributed by atoms with E-state index in [9.17, 15) is 0 Å². The summed E-state index contributed by atoms with van der Waals surface area (Å²) >= 11 is 6.05. The molecule has 3 rings (SSSR count). The van der Waals surface area contributed by atoms with Crippen LogP contribution in [0.5, 0.6) is 0 Å². The molecule has 0 nitrogen and oxygen atoms in total. The van der Waals surface area contributed by atoms with Crippen molar-refractivity contribution in [3.8, 4) is 0 Å². The van der Waals surface area contributed by atoms with E-state index in [0.717, 1.165) is 11.4 Å². The van der Waals surface area contributed by atoms with Gasteiger partial charge in [-0.2, -0.15) is 0 Å². The van der Waals surface area contributed by atoms with Crippen LogP contribution in [0.15, 0.2) is 66.7 Å². The van der Waals surface area contributed by atoms with Crippen molar-refractivity contribution in [2.24, 2.45) is 0 Å². The minimum absolute atomic E-state index is 0.563. The highest BCUT2D eigenvalue weighted by molar-refractivity contribution is 6.30. The molecule has 3 aromatic carbocycles. The van der Waals surface area contributed by atoms with E-state index in [1.807, 2.05) is 12.1 Å². The van der Waals surface area contributed by atoms with Gasteiger partial charge >= 0.3 is 0 Å². The van der Waals surface area contributed by atoms with Crippen molar-refractivity contribution in [2.75, 3.05) is 0 Å². The quantitative estimate of drug-likeness (QED) is 0.458. The highest BCUT2D eigenvalue weighted by Crippen LogP contribution is 2.28. The molecule has 118 valence electrons. The van der Waals surface area contributed by atoms with E-state index in [0.29, 0.717) is 5.92 Å². The van der Waals surface area contributed by atoms with E-state index in [1.54, 1.807) is 0 Å². The molecule has 3 aromatic rings. The Kier molecular flexibility index (Phi) is 5.35. The molecule has 1 unspecified atom stereocenters. The smallest absolute Gasteiger partial charge is 0.0406 e. The lowest BCUT2D eigenvalue weighted by molar-refractivity contribution is 0.581. The fraction of sp³-hybridized carbons (Fsp3) is 0.273. The molecular formula is C22H23Cl. The van der Waals surface area contributed by atoms with Crippen molar-refractivity contribution in [3.05, 3.63) is 82.9 Å². The molecule has 0 aromatic heterocycles. The van der Waals surface area contributed by atoms with Crippen LogP contribution in [0, 0.1) is 0 Å². The summed E-state index contributed by atoms with van der Waals surface area (Å²) in [5, 5.41) is 3.46. The zero-order valence-corrected chi connectivity index (χ0v) is 14.4. The molecule has 0 aliphatic rings. The molecule has 0 N–H and O–H groups in total. The van der Waals surface area contributed by atoms with Crippen LogP contribution in [-0.2, 0) is 6.42 Å². The maximum Gasteiger partial charge on any atom is 0.0406 e. The maximum atomic E-state index is 6.05. The molecular weight excluding hydrogens is 300 g/mol. The third-order valence-electron chi connectivity index (χ3n) is 4.54. The van der Waals surface area contributed by atoms with Gasteiger partial charge in [-0.25, -0.2) is 0 Å². The summed E-state index contributed by atoms with van der Waals surface area (Å²) in [6.45, 7) is 2.26. The Morgan fingerprint density at radius 1 is 0.870 bits per heavy atom. The SMILES string of the molecule is CCCCC(Cc1ccc2ccccc2c1)c1ccc(Cl)cc1. The number of unbranched alkanes of at least 4 members (excludes halogenated alkanes) is 1. The van der Waals surface area contributed by atoms with E-state index < -0.39 is 0 Å². The number of hydrogen-bond donors (Lipinski definition) is 0. The van der Waals surface area contributed by atoms with E-state index >= 15 is 0 Å². The predicted octanol–water partition coefficient (Wildman–Crippen LogP) is 7.01. The number of fused-ring (bicyclic) bond motifs is 1. The van der Waals surface area contributed by atoms with Crippen molar-refractivity contribution in [1.29, 1.82) is 0 Å². The summed E-state index contributed by atoms with van der Waals surface area (Å²) in [6, 6.07) is 23.8. The molecule has 23 heavy (non-hydrogen) atoms. The van der Waals surface area contributed by atoms with Gasteiger partial charge in [0.05, 0.1) is 0 Å². The van der Waals surface area contributed by atoms with Gasteiger partial charge in [0.1, 0.15) is 0 Å². The normalized spacial score (nSPS) is 12.4. The topological polar surface area (TPSA) is 0 Å². The lowest BCUT2D eigenvalue weighted by Crippen LogP contribution is -2.03. The molecule has 0 saturated heterocycles. The monoisotopic (exact) mass is 322 g/mol. The van der Waals surface area contributed by atoms with Gasteiger partial charge in [-0.1, -0.05) is 86.0 Å². The molecule has 0 heterocycles. The zero-order valence-electron chi connectivity index (χ0n) is 13.6. The van der Waals surface area contributed by atoms with Gasteiger partial charge in [-0.3, -0.25) is 0 Å². The molecule has 0 amide bonds. The average molecular weight is 323 g/mol. The van der Waals surface area contributed by atoms with E-state index in [-0.39, 0.29) is 0 Å². The van der Waals surface area contributed by atoms with Gasteiger partial charge in [0, 0.05) is 5.02 Å². The molecule has 0 fully saturated rings. The highest BCUT2D eigenvalue weighted by atomic mass is 35.5. The minimum atomic E-state index is 0.563. The standard InChI is InChI=1S/C22H23Cl/c1-2-3-6-20(19-11-13-22(23)14-12-19)15-17-9-10-18-7-4-5-8-21(18)16-17/h4-5,7-14,16,20H,2-3,6,15H2,1H3. The van der Waals surface area contributed by atoms with Crippen molar-refractivity contribution in [2.45, 2.75) is 38.5 Å². The largest absolute Gasteiger partial charge is 0.0843 e. The first-order valence-electron chi connectivity index (χ1n) is 8.49. The van der Waals surface area contributed by atoms with Crippen LogP contribution in [0.3, 0.4) is 0 Å². The van der Waals surface area contributed by atoms with Gasteiger partial charge in [-0.15, -0.1) is 0 Å². The molecule has 1 atom stereocenters. The fourth-order valence-electron chi connectivity index (χ4n) is 3.22. The molecule has 0 spiro atoms. The van der Waals surface area contributed by atoms with Gasteiger partial charge in [-0.05, 0) is 52.8 Å². The Labute approximate surface area is 144 Å². The molecule has 1 heteroatoms. The second kappa shape index (κ2) is 7.66. The maximum absolute atomic E-state index is 6.05. The van der Waals surface area contributed by atoms with E-state index in [2.05, 4.69) is 61.5 Å². The van der Waals surface area contributed by atoms with Crippen LogP contribution in [0.2, 0.25) is 5.02 Å². The van der Waals surface area contributed by atoms with Crippen molar-refractivity contribution >= 4 is 22.4 Å². The highest BCUT2D eigenvalue weighted by Gasteiger charge is 2.12. The summed E-state index contributed by atoms with van der Waals surface area (Å²) in [5.74, 6) is 0.563. The molecule has 0 bridgehead atoms. The van der Waals surface area contributed by atoms with Gasteiger partial charge in [0.2, 0.25) is 0 Å². The summed E-state index contributed by atoms with van der Waals surface area (Å²) in [5.41, 5.74) is 2.82. The lowest BCUT2D eigenvalue weighted by Gasteiger charge is -2.18. The Hall–Kier alpha value is -1.79. The van der Waals surface area contributed by atoms with E-state index in [1.165, 1.54) is 41.2 Å². The summed E-state index contributed by atoms with van der Waals surface area (Å²) in [7, 11) is 0. The first-order valence-corrected chi connectivity index (χ1v) is 8.87. The molecule has 0 aliphatic carbocycles. The van der Waals surface area contributed by atoms with Crippen LogP contribution in [0.25, 0.3) is 10.8 Å². The van der Waals surface area contributed by atoms with Gasteiger partial charge < -0.3 is 0 Å². The average Bonchev–Trinajstić information content (AvgIpc) is 2.59. The van der Waals surface area contributed by atoms with Crippen LogP contribution in [-0.4, -0.2) is 0 Å². The van der Waals surface area contributed by atoms with Crippen molar-refractivity contribution in [1.82, 2.24) is 0 Å². The number of hydrogen-bond acceptors (Lipinski definition) is 0. The summed E-state index contributed by atoms with van der Waals surface area (Å²) in [4.78, 5) is 0. The van der Waals surface area contributed by atoms with Crippen LogP contribution in [0.1, 0.15) is 43.2 Å². The molecule has 0 saturated carbocycles. The number of benzene rings is 3. The Morgan fingerprint density at radius 2 is 1.61 bits per heavy atom. The zero-order chi connectivity index (χ0) is 16.1. The molecule has 0 radical (unpaired) electrons. The van der Waals surface area contributed by atoms with Crippen molar-refractivity contribution in [3.63, 3.8) is 0 Å². The number of halogens is 1. The summed E-state index contributed by atoms with van der Waals surface area (Å²) in [6.07, 6.45) is 4.82. The first-order chi connectivity index (χ1) is 11.3. The first kappa shape index (κ1) is 16.1.